The van der Waals surface area contributed by atoms with Crippen LogP contribution in [0.2, 0.25) is 0 Å². The third-order valence-electron chi connectivity index (χ3n) is 3.21. The van der Waals surface area contributed by atoms with Crippen molar-refractivity contribution < 1.29 is 24.1 Å². The highest BCUT2D eigenvalue weighted by molar-refractivity contribution is 4.80. The van der Waals surface area contributed by atoms with E-state index >= 15 is 0 Å². The molecule has 2 fully saturated rings. The predicted molar refractivity (Wildman–Crippen MR) is 70.1 cm³/mol. The largest absolute Gasteiger partial charge is 0.394 e. The molecular formula is C14H26O5. The van der Waals surface area contributed by atoms with Gasteiger partial charge in [-0.3, -0.25) is 0 Å². The second-order valence-corrected chi connectivity index (χ2v) is 6.60. The minimum Gasteiger partial charge on any atom is -0.394 e. The Bertz CT molecular complexity index is 268. The van der Waals surface area contributed by atoms with Crippen molar-refractivity contribution in [1.82, 2.24) is 0 Å². The highest BCUT2D eigenvalue weighted by Gasteiger charge is 2.32. The second-order valence-electron chi connectivity index (χ2n) is 6.60. The molecular weight excluding hydrogens is 248 g/mol. The summed E-state index contributed by atoms with van der Waals surface area (Å²) in [5, 5.41) is 9.53. The molecule has 4 atom stereocenters. The third kappa shape index (κ3) is 6.19. The summed E-state index contributed by atoms with van der Waals surface area (Å²) in [7, 11) is 0. The molecule has 5 heteroatoms. The minimum absolute atomic E-state index is 0.0288. The van der Waals surface area contributed by atoms with Crippen LogP contribution in [0.15, 0.2) is 0 Å². The van der Waals surface area contributed by atoms with Crippen LogP contribution < -0.4 is 0 Å². The Kier molecular flexibility index (Phi) is 5.20. The van der Waals surface area contributed by atoms with E-state index in [-0.39, 0.29) is 36.4 Å². The molecule has 2 aliphatic heterocycles. The molecule has 0 aromatic heterocycles. The van der Waals surface area contributed by atoms with Crippen LogP contribution in [-0.4, -0.2) is 62.6 Å². The molecule has 2 heterocycles. The van der Waals surface area contributed by atoms with E-state index in [4.69, 9.17) is 18.9 Å². The Morgan fingerprint density at radius 3 is 1.89 bits per heavy atom. The highest BCUT2D eigenvalue weighted by Crippen LogP contribution is 2.26. The van der Waals surface area contributed by atoms with Crippen molar-refractivity contribution in [2.45, 2.75) is 51.6 Å². The van der Waals surface area contributed by atoms with E-state index in [0.29, 0.717) is 13.2 Å². The van der Waals surface area contributed by atoms with Crippen LogP contribution >= 0.6 is 0 Å². The number of hydrogen-bond donors (Lipinski definition) is 1. The van der Waals surface area contributed by atoms with Gasteiger partial charge in [-0.2, -0.15) is 0 Å². The van der Waals surface area contributed by atoms with Gasteiger partial charge in [-0.1, -0.05) is 20.8 Å². The highest BCUT2D eigenvalue weighted by atomic mass is 16.6. The van der Waals surface area contributed by atoms with Gasteiger partial charge in [0.25, 0.3) is 0 Å². The van der Waals surface area contributed by atoms with Crippen LogP contribution in [0.3, 0.4) is 0 Å². The van der Waals surface area contributed by atoms with Crippen molar-refractivity contribution in [3.05, 3.63) is 0 Å². The van der Waals surface area contributed by atoms with Gasteiger partial charge in [0, 0.05) is 0 Å². The SMILES string of the molecule is CC(C)(C)CC(OCC1CO1)C(CO)OCC1CO1. The molecule has 1 N–H and O–H groups in total. The molecule has 19 heavy (non-hydrogen) atoms. The van der Waals surface area contributed by atoms with Crippen LogP contribution in [0, 0.1) is 5.41 Å². The molecule has 0 radical (unpaired) electrons. The molecule has 0 aromatic carbocycles. The van der Waals surface area contributed by atoms with E-state index in [0.717, 1.165) is 19.6 Å². The lowest BCUT2D eigenvalue weighted by Gasteiger charge is -2.31. The minimum atomic E-state index is -0.290. The van der Waals surface area contributed by atoms with Gasteiger partial charge in [0.2, 0.25) is 0 Å². The molecule has 0 spiro atoms. The maximum absolute atomic E-state index is 9.53. The fraction of sp³-hybridized carbons (Fsp3) is 1.00. The number of ether oxygens (including phenoxy) is 4. The molecule has 112 valence electrons. The molecule has 0 saturated carbocycles. The smallest absolute Gasteiger partial charge is 0.107 e. The summed E-state index contributed by atoms with van der Waals surface area (Å²) in [6.45, 7) is 9.12. The summed E-state index contributed by atoms with van der Waals surface area (Å²) >= 11 is 0. The first-order valence-corrected chi connectivity index (χ1v) is 7.05. The molecule has 5 nitrogen and oxygen atoms in total. The van der Waals surface area contributed by atoms with Crippen LogP contribution in [0.25, 0.3) is 0 Å². The standard InChI is InChI=1S/C14H26O5/c1-14(2,3)4-12(18-8-10-6-16-10)13(5-15)19-9-11-7-17-11/h10-13,15H,4-9H2,1-3H3. The van der Waals surface area contributed by atoms with Gasteiger partial charge >= 0.3 is 0 Å². The van der Waals surface area contributed by atoms with Crippen LogP contribution in [-0.2, 0) is 18.9 Å². The average molecular weight is 274 g/mol. The number of hydrogen-bond acceptors (Lipinski definition) is 5. The van der Waals surface area contributed by atoms with Gasteiger partial charge in [-0.05, 0) is 11.8 Å². The summed E-state index contributed by atoms with van der Waals surface area (Å²) in [5.41, 5.74) is 0.127. The number of rotatable bonds is 9. The topological polar surface area (TPSA) is 63.8 Å². The molecule has 0 aliphatic carbocycles. The van der Waals surface area contributed by atoms with Crippen molar-refractivity contribution in [3.8, 4) is 0 Å². The van der Waals surface area contributed by atoms with E-state index in [1.807, 2.05) is 0 Å². The van der Waals surface area contributed by atoms with Gasteiger partial charge in [0.05, 0.1) is 39.1 Å². The van der Waals surface area contributed by atoms with E-state index in [1.165, 1.54) is 0 Å². The van der Waals surface area contributed by atoms with Gasteiger partial charge in [-0.25, -0.2) is 0 Å². The Morgan fingerprint density at radius 2 is 1.53 bits per heavy atom. The first-order chi connectivity index (χ1) is 8.98. The lowest BCUT2D eigenvalue weighted by molar-refractivity contribution is -0.108. The van der Waals surface area contributed by atoms with Crippen LogP contribution in [0.4, 0.5) is 0 Å². The fourth-order valence-electron chi connectivity index (χ4n) is 1.97. The molecule has 0 bridgehead atoms. The zero-order chi connectivity index (χ0) is 13.9. The van der Waals surface area contributed by atoms with Crippen molar-refractivity contribution >= 4 is 0 Å². The molecule has 2 saturated heterocycles. The Balaban J connectivity index is 1.82. The Labute approximate surface area is 115 Å². The quantitative estimate of drug-likeness (QED) is 0.635. The lowest BCUT2D eigenvalue weighted by Crippen LogP contribution is -2.39. The van der Waals surface area contributed by atoms with Crippen molar-refractivity contribution in [2.24, 2.45) is 5.41 Å². The van der Waals surface area contributed by atoms with E-state index in [2.05, 4.69) is 20.8 Å². The van der Waals surface area contributed by atoms with E-state index < -0.39 is 0 Å². The zero-order valence-electron chi connectivity index (χ0n) is 12.1. The molecule has 0 aromatic rings. The number of aliphatic hydroxyl groups excluding tert-OH is 1. The van der Waals surface area contributed by atoms with Gasteiger partial charge in [-0.15, -0.1) is 0 Å². The van der Waals surface area contributed by atoms with Gasteiger partial charge in [0.15, 0.2) is 0 Å². The summed E-state index contributed by atoms with van der Waals surface area (Å²) < 4.78 is 21.9. The zero-order valence-corrected chi connectivity index (χ0v) is 12.1. The monoisotopic (exact) mass is 274 g/mol. The van der Waals surface area contributed by atoms with Crippen molar-refractivity contribution in [2.75, 3.05) is 33.0 Å². The molecule has 2 aliphatic rings. The summed E-state index contributed by atoms with van der Waals surface area (Å²) in [4.78, 5) is 0. The second kappa shape index (κ2) is 6.50. The Morgan fingerprint density at radius 1 is 1.05 bits per heavy atom. The van der Waals surface area contributed by atoms with E-state index in [9.17, 15) is 5.11 Å². The Hall–Kier alpha value is -0.200. The van der Waals surface area contributed by atoms with Crippen molar-refractivity contribution in [3.63, 3.8) is 0 Å². The predicted octanol–water partition coefficient (Wildman–Crippen LogP) is 0.983. The molecule has 0 amide bonds. The fourth-order valence-corrected chi connectivity index (χ4v) is 1.97. The summed E-state index contributed by atoms with van der Waals surface area (Å²) in [5.74, 6) is 0. The lowest BCUT2D eigenvalue weighted by atomic mass is 9.87. The average Bonchev–Trinajstić information content (AvgIpc) is 3.18. The van der Waals surface area contributed by atoms with Gasteiger partial charge in [0.1, 0.15) is 18.3 Å². The molecule has 4 unspecified atom stereocenters. The number of epoxide rings is 2. The number of aliphatic hydroxyl groups is 1. The van der Waals surface area contributed by atoms with E-state index in [1.54, 1.807) is 0 Å². The first-order valence-electron chi connectivity index (χ1n) is 7.05. The maximum Gasteiger partial charge on any atom is 0.107 e. The normalized spacial score (nSPS) is 29.1. The van der Waals surface area contributed by atoms with Crippen LogP contribution in [0.1, 0.15) is 27.2 Å². The summed E-state index contributed by atoms with van der Waals surface area (Å²) in [6, 6.07) is 0. The first kappa shape index (κ1) is 15.2. The maximum atomic E-state index is 9.53. The van der Waals surface area contributed by atoms with Gasteiger partial charge < -0.3 is 24.1 Å². The molecule has 2 rings (SSSR count). The van der Waals surface area contributed by atoms with Crippen LogP contribution in [0.5, 0.6) is 0 Å². The van der Waals surface area contributed by atoms with Crippen molar-refractivity contribution in [1.29, 1.82) is 0 Å². The third-order valence-corrected chi connectivity index (χ3v) is 3.21. The summed E-state index contributed by atoms with van der Waals surface area (Å²) in [6.07, 6.45) is 0.885.